The molecule has 1 aromatic carbocycles. The quantitative estimate of drug-likeness (QED) is 0.767. The van der Waals surface area contributed by atoms with Crippen LogP contribution in [0.3, 0.4) is 0 Å². The number of amides is 1. The summed E-state index contributed by atoms with van der Waals surface area (Å²) >= 11 is 0. The number of benzene rings is 1. The van der Waals surface area contributed by atoms with Crippen LogP contribution in [-0.4, -0.2) is 41.0 Å². The van der Waals surface area contributed by atoms with E-state index in [1.165, 1.54) is 5.56 Å². The smallest absolute Gasteiger partial charge is 0.237 e. The van der Waals surface area contributed by atoms with E-state index in [-0.39, 0.29) is 36.8 Å². The molecule has 5 nitrogen and oxygen atoms in total. The van der Waals surface area contributed by atoms with Crippen LogP contribution in [0.2, 0.25) is 0 Å². The van der Waals surface area contributed by atoms with Gasteiger partial charge in [-0.3, -0.25) is 14.7 Å². The van der Waals surface area contributed by atoms with Gasteiger partial charge in [-0.05, 0) is 42.5 Å². The second kappa shape index (κ2) is 11.9. The van der Waals surface area contributed by atoms with E-state index in [1.54, 1.807) is 0 Å². The molecule has 27 heavy (non-hydrogen) atoms. The van der Waals surface area contributed by atoms with Gasteiger partial charge in [0.15, 0.2) is 0 Å². The van der Waals surface area contributed by atoms with Crippen molar-refractivity contribution in [2.24, 2.45) is 5.73 Å². The Labute approximate surface area is 173 Å². The number of rotatable bonds is 6. The molecule has 1 aliphatic rings. The minimum absolute atomic E-state index is 0. The highest BCUT2D eigenvalue weighted by Gasteiger charge is 2.23. The van der Waals surface area contributed by atoms with E-state index in [2.05, 4.69) is 27.3 Å². The van der Waals surface area contributed by atoms with Gasteiger partial charge < -0.3 is 11.1 Å². The minimum atomic E-state index is -0.489. The van der Waals surface area contributed by atoms with Crippen LogP contribution < -0.4 is 11.1 Å². The zero-order valence-corrected chi connectivity index (χ0v) is 16.9. The van der Waals surface area contributed by atoms with Crippen LogP contribution in [0.4, 0.5) is 0 Å². The molecular formula is C20H28Cl2N4O. The van der Waals surface area contributed by atoms with Crippen molar-refractivity contribution >= 4 is 30.7 Å². The monoisotopic (exact) mass is 410 g/mol. The third-order valence-corrected chi connectivity index (χ3v) is 4.72. The van der Waals surface area contributed by atoms with Crippen LogP contribution in [-0.2, 0) is 17.8 Å². The van der Waals surface area contributed by atoms with Crippen LogP contribution >= 0.6 is 24.8 Å². The molecule has 0 radical (unpaired) electrons. The lowest BCUT2D eigenvalue weighted by Gasteiger charge is -2.32. The van der Waals surface area contributed by atoms with E-state index >= 15 is 0 Å². The molecule has 1 unspecified atom stereocenters. The number of aromatic nitrogens is 1. The molecule has 1 atom stereocenters. The fourth-order valence-corrected chi connectivity index (χ4v) is 3.25. The van der Waals surface area contributed by atoms with Crippen molar-refractivity contribution in [1.29, 1.82) is 0 Å². The molecular weight excluding hydrogens is 383 g/mol. The van der Waals surface area contributed by atoms with Crippen molar-refractivity contribution in [1.82, 2.24) is 15.2 Å². The molecule has 1 aromatic heterocycles. The van der Waals surface area contributed by atoms with Crippen LogP contribution in [0, 0.1) is 0 Å². The average Bonchev–Trinajstić information content (AvgIpc) is 2.65. The van der Waals surface area contributed by atoms with E-state index < -0.39 is 6.04 Å². The number of carbonyl (C=O) groups excluding carboxylic acids is 1. The van der Waals surface area contributed by atoms with Gasteiger partial charge in [-0.15, -0.1) is 24.8 Å². The fraction of sp³-hybridized carbons (Fsp3) is 0.400. The Bertz CT molecular complexity index is 664. The van der Waals surface area contributed by atoms with Crippen molar-refractivity contribution in [3.63, 3.8) is 0 Å². The summed E-state index contributed by atoms with van der Waals surface area (Å²) < 4.78 is 0. The van der Waals surface area contributed by atoms with Gasteiger partial charge in [0.05, 0.1) is 6.04 Å². The van der Waals surface area contributed by atoms with Crippen LogP contribution in [0.5, 0.6) is 0 Å². The molecule has 0 spiro atoms. The van der Waals surface area contributed by atoms with E-state index in [4.69, 9.17) is 5.73 Å². The van der Waals surface area contributed by atoms with E-state index in [9.17, 15) is 4.79 Å². The molecule has 1 fully saturated rings. The zero-order valence-electron chi connectivity index (χ0n) is 15.3. The molecule has 0 saturated carbocycles. The molecule has 1 amide bonds. The Morgan fingerprint density at radius 2 is 1.70 bits per heavy atom. The Hall–Kier alpha value is -1.66. The maximum atomic E-state index is 12.3. The summed E-state index contributed by atoms with van der Waals surface area (Å²) in [6.07, 6.45) is 6.17. The number of nitrogens with two attached hydrogens (primary N) is 1. The molecule has 148 valence electrons. The SMILES string of the molecule is Cl.Cl.NC(Cc1ccccc1)C(=O)NC1CCN(Cc2ccncc2)CC1. The summed E-state index contributed by atoms with van der Waals surface area (Å²) in [5.41, 5.74) is 8.44. The van der Waals surface area contributed by atoms with Gasteiger partial charge in [-0.2, -0.15) is 0 Å². The summed E-state index contributed by atoms with van der Waals surface area (Å²) in [6.45, 7) is 2.92. The number of pyridine rings is 1. The lowest BCUT2D eigenvalue weighted by Crippen LogP contribution is -2.50. The van der Waals surface area contributed by atoms with Crippen LogP contribution in [0.15, 0.2) is 54.9 Å². The standard InChI is InChI=1S/C20H26N4O.2ClH/c21-19(14-16-4-2-1-3-5-16)20(25)23-18-8-12-24(13-9-18)15-17-6-10-22-11-7-17;;/h1-7,10-11,18-19H,8-9,12-15,21H2,(H,23,25);2*1H. The zero-order chi connectivity index (χ0) is 17.5. The number of hydrogen-bond acceptors (Lipinski definition) is 4. The summed E-state index contributed by atoms with van der Waals surface area (Å²) in [5, 5.41) is 3.12. The number of halogens is 2. The number of nitrogens with one attached hydrogen (secondary N) is 1. The Balaban J connectivity index is 0.00000182. The van der Waals surface area contributed by atoms with Crippen molar-refractivity contribution in [3.05, 3.63) is 66.0 Å². The molecule has 1 aliphatic heterocycles. The Morgan fingerprint density at radius 1 is 1.07 bits per heavy atom. The Kier molecular flexibility index (Phi) is 10.3. The molecule has 3 N–H and O–H groups in total. The van der Waals surface area contributed by atoms with Crippen LogP contribution in [0.25, 0.3) is 0 Å². The van der Waals surface area contributed by atoms with E-state index in [0.717, 1.165) is 38.0 Å². The molecule has 2 heterocycles. The maximum Gasteiger partial charge on any atom is 0.237 e. The Morgan fingerprint density at radius 3 is 2.33 bits per heavy atom. The molecule has 1 saturated heterocycles. The van der Waals surface area contributed by atoms with Crippen molar-refractivity contribution in [3.8, 4) is 0 Å². The topological polar surface area (TPSA) is 71.2 Å². The number of carbonyl (C=O) groups is 1. The van der Waals surface area contributed by atoms with Crippen LogP contribution in [0.1, 0.15) is 24.0 Å². The second-order valence-electron chi connectivity index (χ2n) is 6.71. The summed E-state index contributed by atoms with van der Waals surface area (Å²) in [7, 11) is 0. The largest absolute Gasteiger partial charge is 0.352 e. The van der Waals surface area contributed by atoms with Crippen molar-refractivity contribution in [2.45, 2.75) is 37.9 Å². The summed E-state index contributed by atoms with van der Waals surface area (Å²) in [5.74, 6) is -0.0450. The first kappa shape index (κ1) is 23.4. The molecule has 0 bridgehead atoms. The lowest BCUT2D eigenvalue weighted by atomic mass is 10.0. The average molecular weight is 411 g/mol. The highest BCUT2D eigenvalue weighted by atomic mass is 35.5. The van der Waals surface area contributed by atoms with Crippen molar-refractivity contribution in [2.75, 3.05) is 13.1 Å². The molecule has 0 aliphatic carbocycles. The van der Waals surface area contributed by atoms with Crippen molar-refractivity contribution < 1.29 is 4.79 Å². The van der Waals surface area contributed by atoms with Gasteiger partial charge >= 0.3 is 0 Å². The number of nitrogens with zero attached hydrogens (tertiary/aromatic N) is 2. The third kappa shape index (κ3) is 7.46. The number of piperidine rings is 1. The van der Waals surface area contributed by atoms with Gasteiger partial charge in [0.1, 0.15) is 0 Å². The third-order valence-electron chi connectivity index (χ3n) is 4.72. The number of likely N-dealkylation sites (tertiary alicyclic amines) is 1. The summed E-state index contributed by atoms with van der Waals surface area (Å²) in [4.78, 5) is 18.8. The number of hydrogen-bond donors (Lipinski definition) is 2. The lowest BCUT2D eigenvalue weighted by molar-refractivity contribution is -0.123. The first-order valence-corrected chi connectivity index (χ1v) is 8.92. The predicted octanol–water partition coefficient (Wildman–Crippen LogP) is 2.58. The van der Waals surface area contributed by atoms with Gasteiger partial charge in [0.2, 0.25) is 5.91 Å². The molecule has 3 rings (SSSR count). The second-order valence-corrected chi connectivity index (χ2v) is 6.71. The summed E-state index contributed by atoms with van der Waals surface area (Å²) in [6, 6.07) is 13.8. The van der Waals surface area contributed by atoms with Gasteiger partial charge in [-0.25, -0.2) is 0 Å². The first-order chi connectivity index (χ1) is 12.2. The van der Waals surface area contributed by atoms with E-state index in [1.807, 2.05) is 42.7 Å². The fourth-order valence-electron chi connectivity index (χ4n) is 3.25. The molecule has 7 heteroatoms. The minimum Gasteiger partial charge on any atom is -0.352 e. The normalized spacial score (nSPS) is 15.9. The highest BCUT2D eigenvalue weighted by molar-refractivity contribution is 5.85. The van der Waals surface area contributed by atoms with E-state index in [0.29, 0.717) is 6.42 Å². The van der Waals surface area contributed by atoms with Gasteiger partial charge in [0, 0.05) is 38.1 Å². The van der Waals surface area contributed by atoms with Gasteiger partial charge in [0.25, 0.3) is 0 Å². The highest BCUT2D eigenvalue weighted by Crippen LogP contribution is 2.14. The first-order valence-electron chi connectivity index (χ1n) is 8.92. The predicted molar refractivity (Wildman–Crippen MR) is 113 cm³/mol. The maximum absolute atomic E-state index is 12.3. The molecule has 2 aromatic rings. The van der Waals surface area contributed by atoms with Gasteiger partial charge in [-0.1, -0.05) is 30.3 Å².